The Morgan fingerprint density at radius 1 is 0.903 bits per heavy atom. The molecule has 3 aromatic rings. The molecule has 3 rings (SSSR count). The van der Waals surface area contributed by atoms with Crippen molar-refractivity contribution in [3.05, 3.63) is 77.9 Å². The zero-order chi connectivity index (χ0) is 22.6. The Bertz CT molecular complexity index is 1190. The highest BCUT2D eigenvalue weighted by Crippen LogP contribution is 2.31. The standard InChI is InChI=1S/C23H24N2O5S/c1-16-9-12-18(13-10-16)31(27,28)25(2)20-8-6-5-7-19(20)23(26)24-17-11-14-21(29-3)22(15-17)30-4/h5-15H,1-4H3,(H,24,26). The minimum absolute atomic E-state index is 0.149. The molecule has 0 atom stereocenters. The Morgan fingerprint density at radius 2 is 1.55 bits per heavy atom. The van der Waals surface area contributed by atoms with Crippen LogP contribution in [0.4, 0.5) is 11.4 Å². The molecule has 0 spiro atoms. The van der Waals surface area contributed by atoms with Crippen LogP contribution in [0.15, 0.2) is 71.6 Å². The first-order valence-electron chi connectivity index (χ1n) is 9.46. The topological polar surface area (TPSA) is 84.9 Å². The molecule has 0 radical (unpaired) electrons. The Kier molecular flexibility index (Phi) is 6.50. The average molecular weight is 441 g/mol. The van der Waals surface area contributed by atoms with Crippen LogP contribution in [0.5, 0.6) is 11.5 Å². The summed E-state index contributed by atoms with van der Waals surface area (Å²) in [5, 5.41) is 2.78. The number of methoxy groups -OCH3 is 2. The quantitative estimate of drug-likeness (QED) is 0.598. The van der Waals surface area contributed by atoms with E-state index in [2.05, 4.69) is 5.32 Å². The highest BCUT2D eigenvalue weighted by molar-refractivity contribution is 7.92. The SMILES string of the molecule is COc1ccc(NC(=O)c2ccccc2N(C)S(=O)(=O)c2ccc(C)cc2)cc1OC. The largest absolute Gasteiger partial charge is 0.493 e. The van der Waals surface area contributed by atoms with E-state index in [0.29, 0.717) is 17.2 Å². The van der Waals surface area contributed by atoms with Crippen molar-refractivity contribution in [3.63, 3.8) is 0 Å². The lowest BCUT2D eigenvalue weighted by Crippen LogP contribution is -2.29. The minimum Gasteiger partial charge on any atom is -0.493 e. The Balaban J connectivity index is 1.92. The molecule has 0 aliphatic carbocycles. The highest BCUT2D eigenvalue weighted by Gasteiger charge is 2.25. The molecule has 3 aromatic carbocycles. The lowest BCUT2D eigenvalue weighted by Gasteiger charge is -2.22. The van der Waals surface area contributed by atoms with Crippen molar-refractivity contribution in [3.8, 4) is 11.5 Å². The number of anilines is 2. The van der Waals surface area contributed by atoms with Crippen molar-refractivity contribution in [1.82, 2.24) is 0 Å². The normalized spacial score (nSPS) is 11.0. The number of para-hydroxylation sites is 1. The number of amides is 1. The van der Waals surface area contributed by atoms with Gasteiger partial charge in [0.2, 0.25) is 0 Å². The van der Waals surface area contributed by atoms with Crippen LogP contribution in [0, 0.1) is 6.92 Å². The second kappa shape index (κ2) is 9.09. The molecule has 0 saturated heterocycles. The minimum atomic E-state index is -3.84. The lowest BCUT2D eigenvalue weighted by atomic mass is 10.1. The van der Waals surface area contributed by atoms with E-state index in [0.717, 1.165) is 9.87 Å². The summed E-state index contributed by atoms with van der Waals surface area (Å²) in [6.45, 7) is 1.88. The predicted molar refractivity (Wildman–Crippen MR) is 121 cm³/mol. The second-order valence-corrected chi connectivity index (χ2v) is 8.80. The molecular formula is C23H24N2O5S. The van der Waals surface area contributed by atoms with Crippen molar-refractivity contribution >= 4 is 27.3 Å². The summed E-state index contributed by atoms with van der Waals surface area (Å²) in [5.41, 5.74) is 1.93. The number of sulfonamides is 1. The van der Waals surface area contributed by atoms with Crippen molar-refractivity contribution in [1.29, 1.82) is 0 Å². The third-order valence-corrected chi connectivity index (χ3v) is 6.59. The fourth-order valence-corrected chi connectivity index (χ4v) is 4.26. The van der Waals surface area contributed by atoms with Crippen LogP contribution in [0.25, 0.3) is 0 Å². The van der Waals surface area contributed by atoms with E-state index in [-0.39, 0.29) is 16.1 Å². The van der Waals surface area contributed by atoms with Crippen LogP contribution >= 0.6 is 0 Å². The van der Waals surface area contributed by atoms with E-state index >= 15 is 0 Å². The molecule has 0 bridgehead atoms. The van der Waals surface area contributed by atoms with Gasteiger partial charge in [0.1, 0.15) is 0 Å². The van der Waals surface area contributed by atoms with E-state index in [4.69, 9.17) is 9.47 Å². The van der Waals surface area contributed by atoms with Gasteiger partial charge in [-0.25, -0.2) is 8.42 Å². The van der Waals surface area contributed by atoms with Crippen LogP contribution in [-0.2, 0) is 10.0 Å². The van der Waals surface area contributed by atoms with Crippen LogP contribution < -0.4 is 19.1 Å². The molecule has 31 heavy (non-hydrogen) atoms. The van der Waals surface area contributed by atoms with Crippen LogP contribution in [0.1, 0.15) is 15.9 Å². The summed E-state index contributed by atoms with van der Waals surface area (Å²) in [5.74, 6) is 0.547. The van der Waals surface area contributed by atoms with E-state index in [1.165, 1.54) is 21.3 Å². The van der Waals surface area contributed by atoms with Gasteiger partial charge in [-0.3, -0.25) is 9.10 Å². The number of hydrogen-bond acceptors (Lipinski definition) is 5. The average Bonchev–Trinajstić information content (AvgIpc) is 2.78. The summed E-state index contributed by atoms with van der Waals surface area (Å²) in [6, 6.07) is 18.1. The molecule has 1 N–H and O–H groups in total. The third-order valence-electron chi connectivity index (χ3n) is 4.81. The summed E-state index contributed by atoms with van der Waals surface area (Å²) >= 11 is 0. The van der Waals surface area contributed by atoms with Gasteiger partial charge in [0.15, 0.2) is 11.5 Å². The summed E-state index contributed by atoms with van der Waals surface area (Å²) in [7, 11) is 0.616. The Labute approximate surface area is 182 Å². The number of aryl methyl sites for hydroxylation is 1. The second-order valence-electron chi connectivity index (χ2n) is 6.83. The van der Waals surface area contributed by atoms with Gasteiger partial charge in [-0.2, -0.15) is 0 Å². The van der Waals surface area contributed by atoms with Gasteiger partial charge in [-0.1, -0.05) is 29.8 Å². The van der Waals surface area contributed by atoms with Crippen molar-refractivity contribution in [2.45, 2.75) is 11.8 Å². The molecule has 0 unspecified atom stereocenters. The predicted octanol–water partition coefficient (Wildman–Crippen LogP) is 4.09. The lowest BCUT2D eigenvalue weighted by molar-refractivity contribution is 0.102. The van der Waals surface area contributed by atoms with Crippen LogP contribution in [0.3, 0.4) is 0 Å². The highest BCUT2D eigenvalue weighted by atomic mass is 32.2. The molecule has 8 heteroatoms. The van der Waals surface area contributed by atoms with E-state index < -0.39 is 15.9 Å². The fraction of sp³-hybridized carbons (Fsp3) is 0.174. The Hall–Kier alpha value is -3.52. The number of ether oxygens (including phenoxy) is 2. The molecule has 0 aliphatic rings. The Morgan fingerprint density at radius 3 is 2.19 bits per heavy atom. The molecule has 0 fully saturated rings. The maximum absolute atomic E-state index is 13.1. The van der Waals surface area contributed by atoms with Gasteiger partial charge in [-0.05, 0) is 43.3 Å². The first-order valence-corrected chi connectivity index (χ1v) is 10.9. The maximum atomic E-state index is 13.1. The van der Waals surface area contributed by atoms with Crippen LogP contribution in [0.2, 0.25) is 0 Å². The first-order chi connectivity index (χ1) is 14.8. The van der Waals surface area contributed by atoms with Crippen molar-refractivity contribution < 1.29 is 22.7 Å². The zero-order valence-electron chi connectivity index (χ0n) is 17.7. The number of carbonyl (C=O) groups is 1. The molecule has 0 aliphatic heterocycles. The molecule has 7 nitrogen and oxygen atoms in total. The summed E-state index contributed by atoms with van der Waals surface area (Å²) in [4.78, 5) is 13.1. The molecule has 162 valence electrons. The van der Waals surface area contributed by atoms with Gasteiger partial charge in [0.05, 0.1) is 30.4 Å². The number of nitrogens with zero attached hydrogens (tertiary/aromatic N) is 1. The number of hydrogen-bond donors (Lipinski definition) is 1. The van der Waals surface area contributed by atoms with Crippen LogP contribution in [-0.4, -0.2) is 35.6 Å². The van der Waals surface area contributed by atoms with E-state index in [1.54, 1.807) is 66.7 Å². The summed E-state index contributed by atoms with van der Waals surface area (Å²) in [6.07, 6.45) is 0. The molecule has 0 aromatic heterocycles. The smallest absolute Gasteiger partial charge is 0.264 e. The number of rotatable bonds is 7. The van der Waals surface area contributed by atoms with E-state index in [9.17, 15) is 13.2 Å². The van der Waals surface area contributed by atoms with Crippen molar-refractivity contribution in [2.24, 2.45) is 0 Å². The zero-order valence-corrected chi connectivity index (χ0v) is 18.6. The monoisotopic (exact) mass is 440 g/mol. The van der Waals surface area contributed by atoms with Gasteiger partial charge in [0.25, 0.3) is 15.9 Å². The number of benzene rings is 3. The fourth-order valence-electron chi connectivity index (χ4n) is 3.05. The first kappa shape index (κ1) is 22.2. The number of carbonyl (C=O) groups excluding carboxylic acids is 1. The number of nitrogens with one attached hydrogen (secondary N) is 1. The molecule has 0 saturated carbocycles. The molecular weight excluding hydrogens is 416 g/mol. The van der Waals surface area contributed by atoms with E-state index in [1.807, 2.05) is 6.92 Å². The summed E-state index contributed by atoms with van der Waals surface area (Å²) < 4.78 is 37.8. The van der Waals surface area contributed by atoms with Crippen molar-refractivity contribution in [2.75, 3.05) is 30.9 Å². The molecule has 1 amide bonds. The third kappa shape index (κ3) is 4.64. The van der Waals surface area contributed by atoms with Gasteiger partial charge in [-0.15, -0.1) is 0 Å². The molecule has 0 heterocycles. The van der Waals surface area contributed by atoms with Gasteiger partial charge < -0.3 is 14.8 Å². The van der Waals surface area contributed by atoms with Gasteiger partial charge >= 0.3 is 0 Å². The van der Waals surface area contributed by atoms with Gasteiger partial charge in [0, 0.05) is 18.8 Å². The maximum Gasteiger partial charge on any atom is 0.264 e.